The zero-order valence-corrected chi connectivity index (χ0v) is 12.3. The van der Waals surface area contributed by atoms with Crippen LogP contribution in [0.3, 0.4) is 0 Å². The van der Waals surface area contributed by atoms with Gasteiger partial charge in [0, 0.05) is 31.4 Å². The summed E-state index contributed by atoms with van der Waals surface area (Å²) in [6.07, 6.45) is 2.39. The van der Waals surface area contributed by atoms with E-state index in [0.29, 0.717) is 24.7 Å². The first kappa shape index (κ1) is 15.1. The minimum atomic E-state index is -0.336. The molecule has 1 aromatic rings. The standard InChI is InChI=1S/C15H24N2O3/c1-11-4-3-5-16(9-11)10-13-15(20)14(19)8-12(2)17(13)6-7-18/h8,11,18,20H,3-7,9-10H2,1-2H3. The Labute approximate surface area is 119 Å². The molecule has 1 unspecified atom stereocenters. The SMILES string of the molecule is Cc1cc(=O)c(O)c(CN2CCCC(C)C2)n1CCO. The van der Waals surface area contributed by atoms with Crippen LogP contribution >= 0.6 is 0 Å². The van der Waals surface area contributed by atoms with E-state index in [1.165, 1.54) is 12.5 Å². The molecule has 2 heterocycles. The fraction of sp³-hybridized carbons (Fsp3) is 0.667. The van der Waals surface area contributed by atoms with E-state index in [-0.39, 0.29) is 17.8 Å². The van der Waals surface area contributed by atoms with Gasteiger partial charge in [-0.05, 0) is 32.2 Å². The maximum absolute atomic E-state index is 11.8. The van der Waals surface area contributed by atoms with E-state index in [1.54, 1.807) is 0 Å². The molecule has 1 fully saturated rings. The Hall–Kier alpha value is -1.33. The number of aryl methyl sites for hydroxylation is 1. The molecule has 1 aromatic heterocycles. The van der Waals surface area contributed by atoms with Crippen LogP contribution in [0.2, 0.25) is 0 Å². The Morgan fingerprint density at radius 3 is 2.85 bits per heavy atom. The van der Waals surface area contributed by atoms with Crippen molar-refractivity contribution < 1.29 is 10.2 Å². The van der Waals surface area contributed by atoms with Crippen LogP contribution in [0.25, 0.3) is 0 Å². The second-order valence-electron chi connectivity index (χ2n) is 5.80. The summed E-state index contributed by atoms with van der Waals surface area (Å²) < 4.78 is 1.84. The summed E-state index contributed by atoms with van der Waals surface area (Å²) in [5.41, 5.74) is 1.07. The number of aromatic hydroxyl groups is 1. The molecule has 1 aliphatic heterocycles. The molecular formula is C15H24N2O3. The lowest BCUT2D eigenvalue weighted by Crippen LogP contribution is -2.35. The highest BCUT2D eigenvalue weighted by Gasteiger charge is 2.20. The van der Waals surface area contributed by atoms with Gasteiger partial charge in [0.1, 0.15) is 0 Å². The highest BCUT2D eigenvalue weighted by atomic mass is 16.3. The monoisotopic (exact) mass is 280 g/mol. The van der Waals surface area contributed by atoms with Gasteiger partial charge in [0.2, 0.25) is 5.43 Å². The third-order valence-corrected chi connectivity index (χ3v) is 4.04. The van der Waals surface area contributed by atoms with Crippen molar-refractivity contribution in [2.45, 2.75) is 39.8 Å². The number of hydrogen-bond donors (Lipinski definition) is 2. The molecule has 0 spiro atoms. The molecule has 0 aromatic carbocycles. The molecule has 0 saturated carbocycles. The van der Waals surface area contributed by atoms with Crippen molar-refractivity contribution >= 4 is 0 Å². The third-order valence-electron chi connectivity index (χ3n) is 4.04. The van der Waals surface area contributed by atoms with Gasteiger partial charge >= 0.3 is 0 Å². The van der Waals surface area contributed by atoms with Crippen LogP contribution in [0, 0.1) is 12.8 Å². The van der Waals surface area contributed by atoms with Gasteiger partial charge in [0.25, 0.3) is 0 Å². The summed E-state index contributed by atoms with van der Waals surface area (Å²) in [7, 11) is 0. The number of likely N-dealkylation sites (tertiary alicyclic amines) is 1. The summed E-state index contributed by atoms with van der Waals surface area (Å²) in [4.78, 5) is 14.1. The van der Waals surface area contributed by atoms with Gasteiger partial charge < -0.3 is 14.8 Å². The maximum atomic E-state index is 11.8. The van der Waals surface area contributed by atoms with Crippen LogP contribution in [-0.4, -0.2) is 39.4 Å². The lowest BCUT2D eigenvalue weighted by molar-refractivity contribution is 0.168. The molecule has 2 N–H and O–H groups in total. The van der Waals surface area contributed by atoms with E-state index in [4.69, 9.17) is 0 Å². The van der Waals surface area contributed by atoms with E-state index in [0.717, 1.165) is 25.2 Å². The van der Waals surface area contributed by atoms with Crippen molar-refractivity contribution in [3.8, 4) is 5.75 Å². The van der Waals surface area contributed by atoms with E-state index < -0.39 is 0 Å². The highest BCUT2D eigenvalue weighted by Crippen LogP contribution is 2.21. The van der Waals surface area contributed by atoms with Gasteiger partial charge in [-0.1, -0.05) is 6.92 Å². The molecule has 1 atom stereocenters. The molecule has 0 aliphatic carbocycles. The predicted molar refractivity (Wildman–Crippen MR) is 77.9 cm³/mol. The lowest BCUT2D eigenvalue weighted by atomic mass is 10.00. The zero-order valence-electron chi connectivity index (χ0n) is 12.3. The fourth-order valence-electron chi connectivity index (χ4n) is 3.03. The summed E-state index contributed by atoms with van der Waals surface area (Å²) in [5, 5.41) is 19.3. The number of aliphatic hydroxyl groups excluding tert-OH is 1. The molecule has 0 bridgehead atoms. The summed E-state index contributed by atoms with van der Waals surface area (Å²) >= 11 is 0. The Kier molecular flexibility index (Phi) is 4.83. The summed E-state index contributed by atoms with van der Waals surface area (Å²) in [6, 6.07) is 1.42. The van der Waals surface area contributed by atoms with Crippen molar-refractivity contribution in [2.24, 2.45) is 5.92 Å². The van der Waals surface area contributed by atoms with E-state index in [2.05, 4.69) is 11.8 Å². The molecule has 112 valence electrons. The Morgan fingerprint density at radius 2 is 2.20 bits per heavy atom. The van der Waals surface area contributed by atoms with Gasteiger partial charge in [-0.3, -0.25) is 9.69 Å². The summed E-state index contributed by atoms with van der Waals surface area (Å²) in [6.45, 7) is 6.99. The van der Waals surface area contributed by atoms with Crippen LogP contribution in [0.1, 0.15) is 31.2 Å². The number of aromatic nitrogens is 1. The van der Waals surface area contributed by atoms with Gasteiger partial charge in [-0.15, -0.1) is 0 Å². The highest BCUT2D eigenvalue weighted by molar-refractivity contribution is 5.29. The average molecular weight is 280 g/mol. The van der Waals surface area contributed by atoms with Gasteiger partial charge in [0.15, 0.2) is 5.75 Å². The predicted octanol–water partition coefficient (Wildman–Crippen LogP) is 1.09. The second kappa shape index (κ2) is 6.41. The molecule has 2 rings (SSSR count). The van der Waals surface area contributed by atoms with Crippen molar-refractivity contribution in [1.82, 2.24) is 9.47 Å². The number of rotatable bonds is 4. The smallest absolute Gasteiger partial charge is 0.223 e. The average Bonchev–Trinajstić information content (AvgIpc) is 2.40. The Bertz CT molecular complexity index is 525. The van der Waals surface area contributed by atoms with Gasteiger partial charge in [0.05, 0.1) is 12.3 Å². The molecule has 0 amide bonds. The first-order valence-electron chi connectivity index (χ1n) is 7.28. The fourth-order valence-corrected chi connectivity index (χ4v) is 3.03. The first-order chi connectivity index (χ1) is 9.52. The summed E-state index contributed by atoms with van der Waals surface area (Å²) in [5.74, 6) is 0.469. The largest absolute Gasteiger partial charge is 0.503 e. The van der Waals surface area contributed by atoms with Gasteiger partial charge in [-0.2, -0.15) is 0 Å². The van der Waals surface area contributed by atoms with E-state index in [1.807, 2.05) is 11.5 Å². The third kappa shape index (κ3) is 3.22. The molecule has 1 aliphatic rings. The topological polar surface area (TPSA) is 65.7 Å². The molecular weight excluding hydrogens is 256 g/mol. The van der Waals surface area contributed by atoms with Crippen LogP contribution in [0.15, 0.2) is 10.9 Å². The zero-order chi connectivity index (χ0) is 14.7. The van der Waals surface area contributed by atoms with Crippen LogP contribution in [-0.2, 0) is 13.1 Å². The lowest BCUT2D eigenvalue weighted by Gasteiger charge is -2.32. The van der Waals surface area contributed by atoms with Crippen molar-refractivity contribution in [2.75, 3.05) is 19.7 Å². The molecule has 1 saturated heterocycles. The first-order valence-corrected chi connectivity index (χ1v) is 7.28. The number of pyridine rings is 1. The number of nitrogens with zero attached hydrogens (tertiary/aromatic N) is 2. The number of aliphatic hydroxyl groups is 1. The molecule has 5 nitrogen and oxygen atoms in total. The maximum Gasteiger partial charge on any atom is 0.223 e. The van der Waals surface area contributed by atoms with E-state index >= 15 is 0 Å². The van der Waals surface area contributed by atoms with Crippen LogP contribution < -0.4 is 5.43 Å². The Balaban J connectivity index is 2.31. The number of piperidine rings is 1. The molecule has 20 heavy (non-hydrogen) atoms. The second-order valence-corrected chi connectivity index (χ2v) is 5.80. The van der Waals surface area contributed by atoms with E-state index in [9.17, 15) is 15.0 Å². The Morgan fingerprint density at radius 1 is 1.45 bits per heavy atom. The number of hydrogen-bond acceptors (Lipinski definition) is 4. The normalized spacial score (nSPS) is 20.2. The van der Waals surface area contributed by atoms with Crippen LogP contribution in [0.4, 0.5) is 0 Å². The minimum Gasteiger partial charge on any atom is -0.503 e. The molecule has 5 heteroatoms. The van der Waals surface area contributed by atoms with Crippen molar-refractivity contribution in [3.63, 3.8) is 0 Å². The van der Waals surface area contributed by atoms with Crippen LogP contribution in [0.5, 0.6) is 5.75 Å². The molecule has 0 radical (unpaired) electrons. The minimum absolute atomic E-state index is 0.00739. The quantitative estimate of drug-likeness (QED) is 0.866. The van der Waals surface area contributed by atoms with Crippen molar-refractivity contribution in [1.29, 1.82) is 0 Å². The van der Waals surface area contributed by atoms with Gasteiger partial charge in [-0.25, -0.2) is 0 Å². The van der Waals surface area contributed by atoms with Crippen molar-refractivity contribution in [3.05, 3.63) is 27.7 Å².